The third kappa shape index (κ3) is 5.30. The molecule has 4 aromatic rings. The van der Waals surface area contributed by atoms with Gasteiger partial charge in [0.2, 0.25) is 0 Å². The second-order valence-electron chi connectivity index (χ2n) is 13.2. The van der Waals surface area contributed by atoms with Gasteiger partial charge in [-0.1, -0.05) is 74.0 Å². The molecule has 0 amide bonds. The topological polar surface area (TPSA) is 44.8 Å². The van der Waals surface area contributed by atoms with Gasteiger partial charge >= 0.3 is 5.97 Å². The molecule has 0 atom stereocenters. The summed E-state index contributed by atoms with van der Waals surface area (Å²) in [6, 6.07) is 26.6. The molecule has 4 fully saturated rings. The van der Waals surface area contributed by atoms with Gasteiger partial charge in [0.15, 0.2) is 0 Å². The average molecular weight is 575 g/mol. The average Bonchev–Trinajstić information content (AvgIpc) is 3.03. The predicted molar refractivity (Wildman–Crippen MR) is 172 cm³/mol. The van der Waals surface area contributed by atoms with Crippen LogP contribution in [0.25, 0.3) is 21.9 Å². The van der Waals surface area contributed by atoms with Crippen LogP contribution in [0.15, 0.2) is 78.9 Å². The van der Waals surface area contributed by atoms with Crippen molar-refractivity contribution in [2.45, 2.75) is 70.3 Å². The number of hydrogen-bond donors (Lipinski definition) is 0. The zero-order valence-corrected chi connectivity index (χ0v) is 25.4. The molecule has 0 aromatic heterocycles. The van der Waals surface area contributed by atoms with Crippen LogP contribution in [0.1, 0.15) is 79.8 Å². The summed E-state index contributed by atoms with van der Waals surface area (Å²) in [7, 11) is 1.80. The smallest absolute Gasteiger partial charge is 0.339 e. The monoisotopic (exact) mass is 574 g/mol. The van der Waals surface area contributed by atoms with E-state index in [-0.39, 0.29) is 18.0 Å². The maximum absolute atomic E-state index is 14.0. The standard InChI is InChI=1S/C39H42O4/c1-3-4-15-42-35-21-33(38(40)43-25-26-11-7-5-8-12-26)37(30-13-9-6-10-14-30)32-19-34(36(41-2)20-31(32)35)39-22-27-16-28(23-39)18-29(17-27)24-39/h5-14,19-21,27-29H,3-4,15-18,22-25H2,1-2H3. The van der Waals surface area contributed by atoms with Crippen molar-refractivity contribution in [3.63, 3.8) is 0 Å². The molecular weight excluding hydrogens is 532 g/mol. The van der Waals surface area contributed by atoms with E-state index in [9.17, 15) is 4.79 Å². The summed E-state index contributed by atoms with van der Waals surface area (Å²) in [5, 5.41) is 2.03. The number of fused-ring (bicyclic) bond motifs is 1. The Morgan fingerprint density at radius 3 is 2.09 bits per heavy atom. The largest absolute Gasteiger partial charge is 0.496 e. The van der Waals surface area contributed by atoms with E-state index in [2.05, 4.69) is 31.2 Å². The number of unbranched alkanes of at least 4 members (excludes halogenated alkanes) is 1. The highest BCUT2D eigenvalue weighted by Crippen LogP contribution is 2.62. The summed E-state index contributed by atoms with van der Waals surface area (Å²) in [5.41, 5.74) is 4.86. The molecule has 0 unspecified atom stereocenters. The van der Waals surface area contributed by atoms with Crippen molar-refractivity contribution < 1.29 is 19.0 Å². The van der Waals surface area contributed by atoms with Crippen LogP contribution in [-0.4, -0.2) is 19.7 Å². The Bertz CT molecular complexity index is 1570. The maximum Gasteiger partial charge on any atom is 0.339 e. The van der Waals surface area contributed by atoms with Crippen molar-refractivity contribution in [2.75, 3.05) is 13.7 Å². The quantitative estimate of drug-likeness (QED) is 0.140. The minimum absolute atomic E-state index is 0.134. The lowest BCUT2D eigenvalue weighted by Gasteiger charge is -2.57. The number of carbonyl (C=O) groups excluding carboxylic acids is 1. The first kappa shape index (κ1) is 28.0. The Morgan fingerprint density at radius 1 is 0.814 bits per heavy atom. The van der Waals surface area contributed by atoms with Crippen molar-refractivity contribution in [3.8, 4) is 22.6 Å². The minimum atomic E-state index is -0.336. The van der Waals surface area contributed by atoms with Gasteiger partial charge in [-0.15, -0.1) is 0 Å². The SMILES string of the molecule is CCCCOc1cc(C(=O)OCc2ccccc2)c(-c2ccccc2)c2cc(C34CC5CC(CC(C5)C3)C4)c(OC)cc12. The van der Waals surface area contributed by atoms with E-state index >= 15 is 0 Å². The molecule has 4 aliphatic rings. The maximum atomic E-state index is 14.0. The fraction of sp³-hybridized carbons (Fsp3) is 0.410. The van der Waals surface area contributed by atoms with E-state index in [0.717, 1.165) is 63.8 Å². The Balaban J connectivity index is 1.42. The number of ether oxygens (including phenoxy) is 3. The van der Waals surface area contributed by atoms with E-state index in [4.69, 9.17) is 14.2 Å². The molecule has 0 spiro atoms. The normalized spacial score (nSPS) is 23.8. The molecule has 0 N–H and O–H groups in total. The van der Waals surface area contributed by atoms with Crippen LogP contribution in [0.5, 0.6) is 11.5 Å². The number of benzene rings is 4. The summed E-state index contributed by atoms with van der Waals surface area (Å²) >= 11 is 0. The number of carbonyl (C=O) groups is 1. The summed E-state index contributed by atoms with van der Waals surface area (Å²) in [4.78, 5) is 14.0. The van der Waals surface area contributed by atoms with Crippen LogP contribution in [0.3, 0.4) is 0 Å². The molecule has 4 aliphatic carbocycles. The number of rotatable bonds is 10. The summed E-state index contributed by atoms with van der Waals surface area (Å²) in [6.45, 7) is 2.97. The molecule has 4 bridgehead atoms. The van der Waals surface area contributed by atoms with Gasteiger partial charge in [0, 0.05) is 16.5 Å². The molecule has 4 nitrogen and oxygen atoms in total. The number of esters is 1. The molecule has 43 heavy (non-hydrogen) atoms. The summed E-state index contributed by atoms with van der Waals surface area (Å²) < 4.78 is 18.6. The zero-order valence-electron chi connectivity index (χ0n) is 25.4. The highest BCUT2D eigenvalue weighted by molar-refractivity contribution is 6.11. The Hall–Kier alpha value is -3.79. The number of methoxy groups -OCH3 is 1. The van der Waals surface area contributed by atoms with Crippen LogP contribution in [0, 0.1) is 17.8 Å². The third-order valence-corrected chi connectivity index (χ3v) is 10.3. The van der Waals surface area contributed by atoms with Crippen LogP contribution in [0.2, 0.25) is 0 Å². The highest BCUT2D eigenvalue weighted by atomic mass is 16.5. The molecule has 0 radical (unpaired) electrons. The van der Waals surface area contributed by atoms with Crippen molar-refractivity contribution >= 4 is 16.7 Å². The van der Waals surface area contributed by atoms with Crippen LogP contribution in [-0.2, 0) is 16.8 Å². The van der Waals surface area contributed by atoms with E-state index in [1.54, 1.807) is 7.11 Å². The first-order chi connectivity index (χ1) is 21.1. The fourth-order valence-electron chi connectivity index (χ4n) is 8.76. The second kappa shape index (κ2) is 11.7. The van der Waals surface area contributed by atoms with Crippen molar-refractivity contribution in [1.82, 2.24) is 0 Å². The molecule has 222 valence electrons. The molecule has 4 aromatic carbocycles. The van der Waals surface area contributed by atoms with Gasteiger partial charge in [-0.3, -0.25) is 0 Å². The van der Waals surface area contributed by atoms with Gasteiger partial charge in [-0.2, -0.15) is 0 Å². The van der Waals surface area contributed by atoms with Gasteiger partial charge in [0.05, 0.1) is 19.3 Å². The lowest BCUT2D eigenvalue weighted by molar-refractivity contribution is -0.00609. The zero-order chi connectivity index (χ0) is 29.4. The summed E-state index contributed by atoms with van der Waals surface area (Å²) in [5.74, 6) is 3.77. The van der Waals surface area contributed by atoms with Crippen molar-refractivity contribution in [3.05, 3.63) is 95.6 Å². The van der Waals surface area contributed by atoms with Gasteiger partial charge in [-0.05, 0) is 103 Å². The predicted octanol–water partition coefficient (Wildman–Crippen LogP) is 9.52. The summed E-state index contributed by atoms with van der Waals surface area (Å²) in [6.07, 6.45) is 9.84. The molecule has 0 saturated heterocycles. The van der Waals surface area contributed by atoms with Crippen LogP contribution >= 0.6 is 0 Å². The third-order valence-electron chi connectivity index (χ3n) is 10.3. The Kier molecular flexibility index (Phi) is 7.63. The minimum Gasteiger partial charge on any atom is -0.496 e. The first-order valence-electron chi connectivity index (χ1n) is 16.2. The second-order valence-corrected chi connectivity index (χ2v) is 13.2. The Labute approximate surface area is 255 Å². The molecule has 4 saturated carbocycles. The van der Waals surface area contributed by atoms with Gasteiger partial charge in [0.1, 0.15) is 18.1 Å². The van der Waals surface area contributed by atoms with Crippen molar-refractivity contribution in [2.24, 2.45) is 17.8 Å². The van der Waals surface area contributed by atoms with Crippen LogP contribution in [0.4, 0.5) is 0 Å². The molecule has 4 heteroatoms. The van der Waals surface area contributed by atoms with Gasteiger partial charge in [-0.25, -0.2) is 4.79 Å². The molecule has 0 aliphatic heterocycles. The fourth-order valence-corrected chi connectivity index (χ4v) is 8.76. The Morgan fingerprint density at radius 2 is 1.47 bits per heavy atom. The molecule has 0 heterocycles. The van der Waals surface area contributed by atoms with E-state index in [1.165, 1.54) is 44.1 Å². The van der Waals surface area contributed by atoms with E-state index in [1.807, 2.05) is 54.6 Å². The first-order valence-corrected chi connectivity index (χ1v) is 16.2. The molecular formula is C39H42O4. The highest BCUT2D eigenvalue weighted by Gasteiger charge is 2.52. The van der Waals surface area contributed by atoms with Crippen LogP contribution < -0.4 is 9.47 Å². The number of hydrogen-bond acceptors (Lipinski definition) is 4. The lowest BCUT2D eigenvalue weighted by Crippen LogP contribution is -2.48. The van der Waals surface area contributed by atoms with E-state index in [0.29, 0.717) is 17.9 Å². The van der Waals surface area contributed by atoms with E-state index < -0.39 is 0 Å². The lowest BCUT2D eigenvalue weighted by atomic mass is 9.48. The van der Waals surface area contributed by atoms with Gasteiger partial charge in [0.25, 0.3) is 0 Å². The van der Waals surface area contributed by atoms with Gasteiger partial charge < -0.3 is 14.2 Å². The van der Waals surface area contributed by atoms with Crippen molar-refractivity contribution in [1.29, 1.82) is 0 Å². The molecule has 8 rings (SSSR count).